The smallest absolute Gasteiger partial charge is 0.227 e. The van der Waals surface area contributed by atoms with Gasteiger partial charge in [0.25, 0.3) is 0 Å². The lowest BCUT2D eigenvalue weighted by Gasteiger charge is -2.17. The van der Waals surface area contributed by atoms with E-state index in [-0.39, 0.29) is 36.3 Å². The third kappa shape index (κ3) is 4.59. The number of methoxy groups -OCH3 is 1. The Hall–Kier alpha value is -1.30. The van der Waals surface area contributed by atoms with E-state index in [9.17, 15) is 9.90 Å². The van der Waals surface area contributed by atoms with Crippen LogP contribution < -0.4 is 15.4 Å². The summed E-state index contributed by atoms with van der Waals surface area (Å²) < 4.78 is 5.17. The Morgan fingerprint density at radius 3 is 2.90 bits per heavy atom. The highest BCUT2D eigenvalue weighted by Crippen LogP contribution is 2.20. The van der Waals surface area contributed by atoms with Crippen LogP contribution in [0.2, 0.25) is 0 Å². The fraction of sp³-hybridized carbons (Fsp3) is 0.533. The van der Waals surface area contributed by atoms with Crippen LogP contribution >= 0.6 is 12.4 Å². The van der Waals surface area contributed by atoms with Crippen LogP contribution in [0.15, 0.2) is 24.3 Å². The predicted octanol–water partition coefficient (Wildman–Crippen LogP) is 0.917. The average Bonchev–Trinajstić information content (AvgIpc) is 2.89. The van der Waals surface area contributed by atoms with Gasteiger partial charge < -0.3 is 20.5 Å². The Morgan fingerprint density at radius 1 is 1.52 bits per heavy atom. The molecule has 1 aromatic carbocycles. The Balaban J connectivity index is 0.00000220. The largest absolute Gasteiger partial charge is 0.497 e. The number of carbonyl (C=O) groups is 1. The summed E-state index contributed by atoms with van der Waals surface area (Å²) in [6, 6.07) is 7.52. The number of hydrogen-bond donors (Lipinski definition) is 3. The van der Waals surface area contributed by atoms with Crippen LogP contribution in [0, 0.1) is 5.92 Å². The number of carbonyl (C=O) groups excluding carboxylic acids is 1. The molecular weight excluding hydrogens is 292 g/mol. The molecule has 1 fully saturated rings. The lowest BCUT2D eigenvalue weighted by Crippen LogP contribution is -2.36. The molecule has 21 heavy (non-hydrogen) atoms. The quantitative estimate of drug-likeness (QED) is 0.756. The van der Waals surface area contributed by atoms with Crippen molar-refractivity contribution in [2.24, 2.45) is 5.92 Å². The van der Waals surface area contributed by atoms with Gasteiger partial charge in [0.1, 0.15) is 5.75 Å². The second-order valence-electron chi connectivity index (χ2n) is 5.23. The molecule has 1 aliphatic heterocycles. The van der Waals surface area contributed by atoms with E-state index in [0.717, 1.165) is 17.9 Å². The summed E-state index contributed by atoms with van der Waals surface area (Å²) in [7, 11) is 1.61. The molecule has 0 bridgehead atoms. The predicted molar refractivity (Wildman–Crippen MR) is 84.0 cm³/mol. The molecule has 0 radical (unpaired) electrons. The molecule has 6 heteroatoms. The highest BCUT2D eigenvalue weighted by Gasteiger charge is 2.26. The molecule has 0 spiro atoms. The molecule has 1 saturated heterocycles. The maximum Gasteiger partial charge on any atom is 0.227 e. The van der Waals surface area contributed by atoms with Crippen molar-refractivity contribution in [2.45, 2.75) is 18.9 Å². The van der Waals surface area contributed by atoms with Gasteiger partial charge in [0.15, 0.2) is 0 Å². The number of nitrogens with one attached hydrogen (secondary N) is 2. The molecule has 3 unspecified atom stereocenters. The Bertz CT molecular complexity index is 470. The van der Waals surface area contributed by atoms with Crippen molar-refractivity contribution < 1.29 is 14.6 Å². The molecule has 1 amide bonds. The number of amides is 1. The zero-order valence-electron chi connectivity index (χ0n) is 12.3. The molecule has 3 N–H and O–H groups in total. The fourth-order valence-electron chi connectivity index (χ4n) is 2.37. The normalized spacial score (nSPS) is 22.2. The number of rotatable bonds is 5. The number of benzene rings is 1. The summed E-state index contributed by atoms with van der Waals surface area (Å²) >= 11 is 0. The standard InChI is InChI=1S/C15H22N2O3.ClH/c1-10(11-4-3-5-13(6-11)20-2)15(19)17-8-12-7-16-9-14(12)18;/h3-6,10,12,14,16,18H,7-9H2,1-2H3,(H,17,19);1H. The van der Waals surface area contributed by atoms with Crippen molar-refractivity contribution in [3.8, 4) is 5.75 Å². The van der Waals surface area contributed by atoms with Crippen molar-refractivity contribution in [1.82, 2.24) is 10.6 Å². The van der Waals surface area contributed by atoms with Crippen molar-refractivity contribution in [3.63, 3.8) is 0 Å². The van der Waals surface area contributed by atoms with Gasteiger partial charge in [-0.25, -0.2) is 0 Å². The molecule has 5 nitrogen and oxygen atoms in total. The average molecular weight is 315 g/mol. The van der Waals surface area contributed by atoms with Crippen LogP contribution in [0.1, 0.15) is 18.4 Å². The van der Waals surface area contributed by atoms with Crippen molar-refractivity contribution in [1.29, 1.82) is 0 Å². The zero-order chi connectivity index (χ0) is 14.5. The number of aliphatic hydroxyl groups excluding tert-OH is 1. The van der Waals surface area contributed by atoms with E-state index in [1.807, 2.05) is 31.2 Å². The van der Waals surface area contributed by atoms with Crippen LogP contribution in [0.3, 0.4) is 0 Å². The number of β-amino-alcohol motifs (C(OH)–C–C–N with tert-alkyl or cyclic N) is 1. The second-order valence-corrected chi connectivity index (χ2v) is 5.23. The van der Waals surface area contributed by atoms with Gasteiger partial charge in [0, 0.05) is 25.6 Å². The molecule has 1 heterocycles. The van der Waals surface area contributed by atoms with Gasteiger partial charge in [-0.15, -0.1) is 12.4 Å². The van der Waals surface area contributed by atoms with Crippen molar-refractivity contribution >= 4 is 18.3 Å². The first-order valence-corrected chi connectivity index (χ1v) is 6.92. The van der Waals surface area contributed by atoms with E-state index in [1.54, 1.807) is 7.11 Å². The molecule has 2 rings (SSSR count). The maximum absolute atomic E-state index is 12.2. The lowest BCUT2D eigenvalue weighted by molar-refractivity contribution is -0.122. The van der Waals surface area contributed by atoms with Gasteiger partial charge in [0.2, 0.25) is 5.91 Å². The Labute approximate surface area is 131 Å². The summed E-state index contributed by atoms with van der Waals surface area (Å²) in [5.74, 6) is 0.572. The second kappa shape index (κ2) is 8.22. The first kappa shape index (κ1) is 17.8. The van der Waals surface area contributed by atoms with E-state index < -0.39 is 0 Å². The minimum Gasteiger partial charge on any atom is -0.497 e. The summed E-state index contributed by atoms with van der Waals surface area (Å²) in [5, 5.41) is 15.7. The first-order chi connectivity index (χ1) is 9.61. The molecule has 0 aliphatic carbocycles. The lowest BCUT2D eigenvalue weighted by atomic mass is 9.99. The zero-order valence-corrected chi connectivity index (χ0v) is 13.2. The van der Waals surface area contributed by atoms with Crippen LogP contribution in [-0.2, 0) is 4.79 Å². The molecule has 0 saturated carbocycles. The molecule has 1 aromatic rings. The summed E-state index contributed by atoms with van der Waals surface area (Å²) in [4.78, 5) is 12.2. The van der Waals surface area contributed by atoms with E-state index in [0.29, 0.717) is 13.1 Å². The number of aliphatic hydroxyl groups is 1. The Kier molecular flexibility index (Phi) is 6.95. The van der Waals surface area contributed by atoms with Crippen LogP contribution in [0.4, 0.5) is 0 Å². The van der Waals surface area contributed by atoms with E-state index in [1.165, 1.54) is 0 Å². The van der Waals surface area contributed by atoms with Crippen LogP contribution in [0.5, 0.6) is 5.75 Å². The fourth-order valence-corrected chi connectivity index (χ4v) is 2.37. The van der Waals surface area contributed by atoms with Crippen LogP contribution in [0.25, 0.3) is 0 Å². The minimum atomic E-state index is -0.373. The summed E-state index contributed by atoms with van der Waals surface area (Å²) in [6.45, 7) is 3.72. The van der Waals surface area contributed by atoms with Gasteiger partial charge in [0.05, 0.1) is 19.1 Å². The minimum absolute atomic E-state index is 0. The van der Waals surface area contributed by atoms with E-state index in [4.69, 9.17) is 4.74 Å². The summed E-state index contributed by atoms with van der Waals surface area (Å²) in [6.07, 6.45) is -0.373. The van der Waals surface area contributed by atoms with Crippen molar-refractivity contribution in [3.05, 3.63) is 29.8 Å². The highest BCUT2D eigenvalue weighted by atomic mass is 35.5. The van der Waals surface area contributed by atoms with Crippen molar-refractivity contribution in [2.75, 3.05) is 26.7 Å². The highest BCUT2D eigenvalue weighted by molar-refractivity contribution is 5.85. The molecular formula is C15H23ClN2O3. The van der Waals surface area contributed by atoms with Gasteiger partial charge in [-0.05, 0) is 24.6 Å². The molecule has 1 aliphatic rings. The SMILES string of the molecule is COc1cccc(C(C)C(=O)NCC2CNCC2O)c1.Cl. The molecule has 118 valence electrons. The monoisotopic (exact) mass is 314 g/mol. The first-order valence-electron chi connectivity index (χ1n) is 6.92. The van der Waals surface area contributed by atoms with Gasteiger partial charge in [-0.2, -0.15) is 0 Å². The van der Waals surface area contributed by atoms with Gasteiger partial charge in [-0.1, -0.05) is 12.1 Å². The molecule has 3 atom stereocenters. The van der Waals surface area contributed by atoms with E-state index >= 15 is 0 Å². The van der Waals surface area contributed by atoms with Crippen LogP contribution in [-0.4, -0.2) is 43.9 Å². The number of ether oxygens (including phenoxy) is 1. The molecule has 0 aromatic heterocycles. The summed E-state index contributed by atoms with van der Waals surface area (Å²) in [5.41, 5.74) is 0.923. The maximum atomic E-state index is 12.2. The van der Waals surface area contributed by atoms with E-state index in [2.05, 4.69) is 10.6 Å². The third-order valence-corrected chi connectivity index (χ3v) is 3.83. The number of hydrogen-bond acceptors (Lipinski definition) is 4. The number of halogens is 1. The van der Waals surface area contributed by atoms with Gasteiger partial charge in [-0.3, -0.25) is 4.79 Å². The van der Waals surface area contributed by atoms with Gasteiger partial charge >= 0.3 is 0 Å². The topological polar surface area (TPSA) is 70.6 Å². The third-order valence-electron chi connectivity index (χ3n) is 3.83. The Morgan fingerprint density at radius 2 is 2.29 bits per heavy atom.